The van der Waals surface area contributed by atoms with Crippen LogP contribution in [0, 0.1) is 0 Å². The molecule has 0 aliphatic carbocycles. The second-order valence-corrected chi connectivity index (χ2v) is 5.53. The summed E-state index contributed by atoms with van der Waals surface area (Å²) in [4.78, 5) is 37.3. The van der Waals surface area contributed by atoms with Gasteiger partial charge in [0.2, 0.25) is 11.8 Å². The number of ether oxygens (including phenoxy) is 1. The largest absolute Gasteiger partial charge is 0.412 e. The van der Waals surface area contributed by atoms with Crippen LogP contribution in [-0.2, 0) is 9.59 Å². The molecule has 2 aliphatic rings. The van der Waals surface area contributed by atoms with Crippen LogP contribution in [0.2, 0.25) is 0 Å². The lowest BCUT2D eigenvalue weighted by Crippen LogP contribution is -2.62. The molecule has 2 aliphatic heterocycles. The third kappa shape index (κ3) is 3.11. The summed E-state index contributed by atoms with van der Waals surface area (Å²) in [5.41, 5.74) is 0. The Morgan fingerprint density at radius 1 is 1.35 bits per heavy atom. The third-order valence-electron chi connectivity index (χ3n) is 3.96. The van der Waals surface area contributed by atoms with Crippen molar-refractivity contribution in [3.05, 3.63) is 30.3 Å². The van der Waals surface area contributed by atoms with Crippen LogP contribution < -0.4 is 15.4 Å². The van der Waals surface area contributed by atoms with Gasteiger partial charge in [0, 0.05) is 6.54 Å². The van der Waals surface area contributed by atoms with Crippen LogP contribution in [-0.4, -0.2) is 59.2 Å². The maximum absolute atomic E-state index is 12.1. The highest BCUT2D eigenvalue weighted by molar-refractivity contribution is 5.97. The van der Waals surface area contributed by atoms with Crippen molar-refractivity contribution in [3.63, 3.8) is 0 Å². The fourth-order valence-corrected chi connectivity index (χ4v) is 2.88. The average molecular weight is 319 g/mol. The number of carbonyl (C=O) groups is 3. The van der Waals surface area contributed by atoms with Gasteiger partial charge < -0.3 is 25.4 Å². The maximum atomic E-state index is 12.1. The van der Waals surface area contributed by atoms with Gasteiger partial charge in [-0.25, -0.2) is 4.79 Å². The number of hydrogen-bond acceptors (Lipinski definition) is 5. The quantitative estimate of drug-likeness (QED) is 0.678. The molecule has 1 aromatic carbocycles. The zero-order valence-corrected chi connectivity index (χ0v) is 12.3. The zero-order chi connectivity index (χ0) is 16.4. The van der Waals surface area contributed by atoms with E-state index in [2.05, 4.69) is 10.6 Å². The molecule has 23 heavy (non-hydrogen) atoms. The number of rotatable bonds is 3. The van der Waals surface area contributed by atoms with Gasteiger partial charge in [0.1, 0.15) is 17.8 Å². The Morgan fingerprint density at radius 3 is 2.78 bits per heavy atom. The first-order chi connectivity index (χ1) is 11.1. The van der Waals surface area contributed by atoms with E-state index in [-0.39, 0.29) is 24.4 Å². The molecule has 3 atom stereocenters. The Balaban J connectivity index is 1.60. The van der Waals surface area contributed by atoms with E-state index >= 15 is 0 Å². The highest BCUT2D eigenvalue weighted by Crippen LogP contribution is 2.22. The monoisotopic (exact) mass is 319 g/mol. The van der Waals surface area contributed by atoms with Gasteiger partial charge in [0.15, 0.2) is 0 Å². The second-order valence-electron chi connectivity index (χ2n) is 5.53. The summed E-state index contributed by atoms with van der Waals surface area (Å²) in [6, 6.07) is 6.71. The molecule has 3 N–H and O–H groups in total. The molecule has 0 aromatic heterocycles. The van der Waals surface area contributed by atoms with Crippen molar-refractivity contribution in [2.24, 2.45) is 0 Å². The molecule has 1 aromatic rings. The number of piperazine rings is 1. The highest BCUT2D eigenvalue weighted by atomic mass is 16.6. The number of nitrogens with zero attached hydrogens (tertiary/aromatic N) is 1. The molecule has 0 radical (unpaired) electrons. The molecule has 0 spiro atoms. The highest BCUT2D eigenvalue weighted by Gasteiger charge is 2.46. The number of aliphatic hydroxyl groups excluding tert-OH is 1. The predicted molar refractivity (Wildman–Crippen MR) is 78.5 cm³/mol. The summed E-state index contributed by atoms with van der Waals surface area (Å²) in [5, 5.41) is 14.3. The SMILES string of the molecule is O=C(N[C@H]1C[C@H]2C(=O)N[C@H](CO)C(=O)N2C1)Oc1ccccc1. The van der Waals surface area contributed by atoms with Crippen LogP contribution in [0.1, 0.15) is 6.42 Å². The molecule has 8 heteroatoms. The van der Waals surface area contributed by atoms with Gasteiger partial charge in [-0.05, 0) is 18.6 Å². The summed E-state index contributed by atoms with van der Waals surface area (Å²) in [6.07, 6.45) is -0.313. The van der Waals surface area contributed by atoms with Gasteiger partial charge in [-0.3, -0.25) is 9.59 Å². The standard InChI is InChI=1S/C15H17N3O5/c19-8-11-14(21)18-7-9(6-12(18)13(20)17-11)16-15(22)23-10-4-2-1-3-5-10/h1-5,9,11-12,19H,6-8H2,(H,16,22)(H,17,20)/t9-,11+,12-/m0/s1. The fourth-order valence-electron chi connectivity index (χ4n) is 2.88. The lowest BCUT2D eigenvalue weighted by atomic mass is 10.1. The van der Waals surface area contributed by atoms with Gasteiger partial charge in [-0.2, -0.15) is 0 Å². The number of benzene rings is 1. The number of aliphatic hydroxyl groups is 1. The molecule has 2 fully saturated rings. The summed E-state index contributed by atoms with van der Waals surface area (Å²) in [5.74, 6) is -0.239. The second kappa shape index (κ2) is 6.25. The van der Waals surface area contributed by atoms with E-state index in [9.17, 15) is 14.4 Å². The Hall–Kier alpha value is -2.61. The Bertz CT molecular complexity index is 621. The number of amides is 3. The first-order valence-corrected chi connectivity index (χ1v) is 7.33. The number of para-hydroxylation sites is 1. The first kappa shape index (κ1) is 15.3. The number of nitrogens with one attached hydrogen (secondary N) is 2. The molecule has 3 rings (SSSR count). The lowest BCUT2D eigenvalue weighted by Gasteiger charge is -2.33. The average Bonchev–Trinajstić information content (AvgIpc) is 2.96. The number of fused-ring (bicyclic) bond motifs is 1. The minimum atomic E-state index is -0.909. The van der Waals surface area contributed by atoms with Crippen molar-refractivity contribution in [2.75, 3.05) is 13.2 Å². The first-order valence-electron chi connectivity index (χ1n) is 7.33. The smallest absolute Gasteiger partial charge is 0.410 e. The minimum Gasteiger partial charge on any atom is -0.410 e. The van der Waals surface area contributed by atoms with Crippen molar-refractivity contribution in [2.45, 2.75) is 24.5 Å². The molecule has 122 valence electrons. The van der Waals surface area contributed by atoms with Crippen LogP contribution in [0.3, 0.4) is 0 Å². The molecule has 8 nitrogen and oxygen atoms in total. The summed E-state index contributed by atoms with van der Waals surface area (Å²) in [7, 11) is 0. The van der Waals surface area contributed by atoms with Crippen molar-refractivity contribution in [1.82, 2.24) is 15.5 Å². The van der Waals surface area contributed by atoms with Crippen LogP contribution >= 0.6 is 0 Å². The molecular formula is C15H17N3O5. The maximum Gasteiger partial charge on any atom is 0.412 e. The number of carbonyl (C=O) groups excluding carboxylic acids is 3. The van der Waals surface area contributed by atoms with E-state index in [4.69, 9.17) is 9.84 Å². The molecule has 0 saturated carbocycles. The molecular weight excluding hydrogens is 302 g/mol. The summed E-state index contributed by atoms with van der Waals surface area (Å²) < 4.78 is 5.13. The van der Waals surface area contributed by atoms with E-state index in [0.717, 1.165) is 0 Å². The number of hydrogen-bond donors (Lipinski definition) is 3. The normalized spacial score (nSPS) is 26.5. The Kier molecular flexibility index (Phi) is 4.16. The van der Waals surface area contributed by atoms with Gasteiger partial charge in [-0.15, -0.1) is 0 Å². The van der Waals surface area contributed by atoms with E-state index in [1.807, 2.05) is 6.07 Å². The van der Waals surface area contributed by atoms with Crippen LogP contribution in [0.4, 0.5) is 4.79 Å². The van der Waals surface area contributed by atoms with Gasteiger partial charge in [-0.1, -0.05) is 18.2 Å². The van der Waals surface area contributed by atoms with Crippen molar-refractivity contribution in [1.29, 1.82) is 0 Å². The predicted octanol–water partition coefficient (Wildman–Crippen LogP) is -0.765. The molecule has 2 saturated heterocycles. The van der Waals surface area contributed by atoms with E-state index in [0.29, 0.717) is 12.2 Å². The fraction of sp³-hybridized carbons (Fsp3) is 0.400. The van der Waals surface area contributed by atoms with E-state index < -0.39 is 24.8 Å². The molecule has 2 heterocycles. The van der Waals surface area contributed by atoms with Crippen LogP contribution in [0.25, 0.3) is 0 Å². The van der Waals surface area contributed by atoms with Crippen LogP contribution in [0.15, 0.2) is 30.3 Å². The van der Waals surface area contributed by atoms with Gasteiger partial charge >= 0.3 is 6.09 Å². The topological polar surface area (TPSA) is 108 Å². The summed E-state index contributed by atoms with van der Waals surface area (Å²) in [6.45, 7) is -0.223. The third-order valence-corrected chi connectivity index (χ3v) is 3.96. The van der Waals surface area contributed by atoms with Gasteiger partial charge in [0.05, 0.1) is 12.6 Å². The lowest BCUT2D eigenvalue weighted by molar-refractivity contribution is -0.148. The molecule has 0 bridgehead atoms. The van der Waals surface area contributed by atoms with Crippen LogP contribution in [0.5, 0.6) is 5.75 Å². The Morgan fingerprint density at radius 2 is 2.09 bits per heavy atom. The zero-order valence-electron chi connectivity index (χ0n) is 12.3. The van der Waals surface area contributed by atoms with Crippen molar-refractivity contribution < 1.29 is 24.2 Å². The van der Waals surface area contributed by atoms with Crippen molar-refractivity contribution in [3.8, 4) is 5.75 Å². The minimum absolute atomic E-state index is 0.220. The van der Waals surface area contributed by atoms with Crippen molar-refractivity contribution >= 4 is 17.9 Å². The molecule has 0 unspecified atom stereocenters. The Labute approximate surface area is 132 Å². The summed E-state index contributed by atoms with van der Waals surface area (Å²) >= 11 is 0. The van der Waals surface area contributed by atoms with E-state index in [1.165, 1.54) is 4.90 Å². The molecule has 3 amide bonds. The van der Waals surface area contributed by atoms with Gasteiger partial charge in [0.25, 0.3) is 0 Å². The van der Waals surface area contributed by atoms with E-state index in [1.54, 1.807) is 24.3 Å².